The Labute approximate surface area is 120 Å². The van der Waals surface area contributed by atoms with Crippen LogP contribution in [0, 0.1) is 16.0 Å². The third-order valence-electron chi connectivity index (χ3n) is 2.45. The van der Waals surface area contributed by atoms with Gasteiger partial charge in [0.05, 0.1) is 4.92 Å². The Hall–Kier alpha value is -1.64. The van der Waals surface area contributed by atoms with Crippen molar-refractivity contribution < 1.29 is 22.9 Å². The van der Waals surface area contributed by atoms with Crippen molar-refractivity contribution in [3.05, 3.63) is 33.9 Å². The number of amides is 1. The Morgan fingerprint density at radius 1 is 1.50 bits per heavy atom. The summed E-state index contributed by atoms with van der Waals surface area (Å²) >= 11 is 3.08. The number of benzene rings is 1. The van der Waals surface area contributed by atoms with E-state index in [9.17, 15) is 28.1 Å². The number of nitrogens with zero attached hydrogens (tertiary/aromatic N) is 1. The van der Waals surface area contributed by atoms with E-state index >= 15 is 0 Å². The molecule has 1 N–H and O–H groups in total. The van der Waals surface area contributed by atoms with Crippen LogP contribution in [0.5, 0.6) is 0 Å². The minimum atomic E-state index is -4.87. The van der Waals surface area contributed by atoms with Crippen molar-refractivity contribution in [3.8, 4) is 0 Å². The summed E-state index contributed by atoms with van der Waals surface area (Å²) < 4.78 is 38.2. The molecule has 1 amide bonds. The van der Waals surface area contributed by atoms with Gasteiger partial charge in [-0.3, -0.25) is 14.9 Å². The van der Waals surface area contributed by atoms with Gasteiger partial charge in [-0.1, -0.05) is 22.9 Å². The van der Waals surface area contributed by atoms with Gasteiger partial charge in [-0.05, 0) is 12.1 Å². The van der Waals surface area contributed by atoms with Crippen LogP contribution in [-0.2, 0) is 11.0 Å². The molecule has 0 aliphatic rings. The quantitative estimate of drug-likeness (QED) is 0.510. The van der Waals surface area contributed by atoms with E-state index in [1.54, 1.807) is 6.92 Å². The molecule has 0 spiro atoms. The van der Waals surface area contributed by atoms with Gasteiger partial charge in [0, 0.05) is 23.0 Å². The number of carbonyl (C=O) groups excluding carboxylic acids is 1. The molecular formula is C11H10BrF3N2O3. The summed E-state index contributed by atoms with van der Waals surface area (Å²) in [5.41, 5.74) is -2.59. The summed E-state index contributed by atoms with van der Waals surface area (Å²) in [6, 6.07) is 2.33. The number of nitro groups is 1. The third-order valence-corrected chi connectivity index (χ3v) is 3.42. The molecule has 0 unspecified atom stereocenters. The average Bonchev–Trinajstić information content (AvgIpc) is 2.36. The maximum Gasteiger partial charge on any atom is 0.423 e. The highest BCUT2D eigenvalue weighted by molar-refractivity contribution is 9.09. The third kappa shape index (κ3) is 3.92. The van der Waals surface area contributed by atoms with Crippen molar-refractivity contribution in [2.45, 2.75) is 13.1 Å². The van der Waals surface area contributed by atoms with Crippen molar-refractivity contribution in [2.75, 3.05) is 10.6 Å². The first-order valence-corrected chi connectivity index (χ1v) is 6.51. The molecule has 1 atom stereocenters. The van der Waals surface area contributed by atoms with Gasteiger partial charge in [0.15, 0.2) is 0 Å². The molecule has 0 saturated heterocycles. The molecule has 1 aromatic rings. The van der Waals surface area contributed by atoms with E-state index in [4.69, 9.17) is 0 Å². The fourth-order valence-corrected chi connectivity index (χ4v) is 1.63. The smallest absolute Gasteiger partial charge is 0.326 e. The Balaban J connectivity index is 3.14. The molecule has 9 heteroatoms. The summed E-state index contributed by atoms with van der Waals surface area (Å²) in [5, 5.41) is 13.2. The number of nitro benzene ring substituents is 1. The Morgan fingerprint density at radius 2 is 2.10 bits per heavy atom. The zero-order valence-electron chi connectivity index (χ0n) is 10.2. The Morgan fingerprint density at radius 3 is 2.55 bits per heavy atom. The van der Waals surface area contributed by atoms with Crippen LogP contribution < -0.4 is 5.32 Å². The largest absolute Gasteiger partial charge is 0.423 e. The normalized spacial score (nSPS) is 12.8. The first kappa shape index (κ1) is 16.4. The van der Waals surface area contributed by atoms with Crippen LogP contribution in [0.4, 0.5) is 24.5 Å². The molecular weight excluding hydrogens is 345 g/mol. The summed E-state index contributed by atoms with van der Waals surface area (Å²) in [7, 11) is 0. The highest BCUT2D eigenvalue weighted by Gasteiger charge is 2.38. The van der Waals surface area contributed by atoms with Crippen LogP contribution >= 0.6 is 15.9 Å². The fraction of sp³-hybridized carbons (Fsp3) is 0.364. The van der Waals surface area contributed by atoms with Gasteiger partial charge in [-0.15, -0.1) is 0 Å². The molecule has 0 heterocycles. The molecule has 1 rings (SSSR count). The zero-order chi connectivity index (χ0) is 15.5. The molecule has 0 fully saturated rings. The summed E-state index contributed by atoms with van der Waals surface area (Å²) in [5.74, 6) is -0.927. The van der Waals surface area contributed by atoms with Crippen LogP contribution in [0.15, 0.2) is 18.2 Å². The number of hydrogen-bond donors (Lipinski definition) is 1. The van der Waals surface area contributed by atoms with Crippen molar-refractivity contribution in [1.82, 2.24) is 0 Å². The predicted octanol–water partition coefficient (Wildman–Crippen LogP) is 3.58. The molecule has 0 aliphatic heterocycles. The van der Waals surface area contributed by atoms with Gasteiger partial charge in [0.1, 0.15) is 5.56 Å². The first-order chi connectivity index (χ1) is 9.16. The van der Waals surface area contributed by atoms with Gasteiger partial charge in [-0.25, -0.2) is 0 Å². The zero-order valence-corrected chi connectivity index (χ0v) is 11.8. The number of rotatable bonds is 4. The Kier molecular flexibility index (Phi) is 5.09. The van der Waals surface area contributed by atoms with Crippen molar-refractivity contribution in [3.63, 3.8) is 0 Å². The van der Waals surface area contributed by atoms with Gasteiger partial charge >= 0.3 is 6.18 Å². The predicted molar refractivity (Wildman–Crippen MR) is 69.7 cm³/mol. The van der Waals surface area contributed by atoms with Gasteiger partial charge < -0.3 is 5.32 Å². The maximum atomic E-state index is 12.7. The van der Waals surface area contributed by atoms with Gasteiger partial charge in [0.25, 0.3) is 5.69 Å². The second-order valence-corrected chi connectivity index (χ2v) is 4.68. The summed E-state index contributed by atoms with van der Waals surface area (Å²) in [6.07, 6.45) is -4.87. The van der Waals surface area contributed by atoms with Crippen LogP contribution in [0.2, 0.25) is 0 Å². The lowest BCUT2D eigenvalue weighted by Gasteiger charge is -2.12. The molecule has 0 radical (unpaired) electrons. The maximum absolute atomic E-state index is 12.7. The SMILES string of the molecule is C[C@@H](CBr)C(=O)Nc1ccc([N+](=O)[O-])c(C(F)(F)F)c1. The molecule has 20 heavy (non-hydrogen) atoms. The molecule has 1 aromatic carbocycles. The summed E-state index contributed by atoms with van der Waals surface area (Å²) in [6.45, 7) is 1.58. The molecule has 0 aliphatic carbocycles. The number of alkyl halides is 4. The van der Waals surface area contributed by atoms with Crippen LogP contribution in [0.3, 0.4) is 0 Å². The number of hydrogen-bond acceptors (Lipinski definition) is 3. The molecule has 0 saturated carbocycles. The second kappa shape index (κ2) is 6.21. The fourth-order valence-electron chi connectivity index (χ4n) is 1.34. The average molecular weight is 355 g/mol. The van der Waals surface area contributed by atoms with Crippen molar-refractivity contribution >= 4 is 33.2 Å². The van der Waals surface area contributed by atoms with E-state index in [0.717, 1.165) is 12.1 Å². The topological polar surface area (TPSA) is 72.2 Å². The van der Waals surface area contributed by atoms with Crippen LogP contribution in [-0.4, -0.2) is 16.2 Å². The standard InChI is InChI=1S/C11H10BrF3N2O3/c1-6(5-12)10(18)16-7-2-3-9(17(19)20)8(4-7)11(13,14)15/h2-4,6H,5H2,1H3,(H,16,18)/t6-/m0/s1. The minimum Gasteiger partial charge on any atom is -0.326 e. The second-order valence-electron chi connectivity index (χ2n) is 4.03. The van der Waals surface area contributed by atoms with Gasteiger partial charge in [0.2, 0.25) is 5.91 Å². The van der Waals surface area contributed by atoms with Crippen LogP contribution in [0.25, 0.3) is 0 Å². The molecule has 0 bridgehead atoms. The number of nitrogens with one attached hydrogen (secondary N) is 1. The van der Waals surface area contributed by atoms with E-state index in [-0.39, 0.29) is 5.69 Å². The lowest BCUT2D eigenvalue weighted by molar-refractivity contribution is -0.388. The number of anilines is 1. The molecule has 0 aromatic heterocycles. The number of halogens is 4. The highest BCUT2D eigenvalue weighted by atomic mass is 79.9. The summed E-state index contributed by atoms with van der Waals surface area (Å²) in [4.78, 5) is 21.0. The van der Waals surface area contributed by atoms with E-state index < -0.39 is 34.2 Å². The minimum absolute atomic E-state index is 0.138. The van der Waals surface area contributed by atoms with Crippen molar-refractivity contribution in [2.24, 2.45) is 5.92 Å². The molecule has 110 valence electrons. The van der Waals surface area contributed by atoms with E-state index in [0.29, 0.717) is 11.4 Å². The monoisotopic (exact) mass is 354 g/mol. The van der Waals surface area contributed by atoms with Gasteiger partial charge in [-0.2, -0.15) is 13.2 Å². The highest BCUT2D eigenvalue weighted by Crippen LogP contribution is 2.37. The number of carbonyl (C=O) groups is 1. The first-order valence-electron chi connectivity index (χ1n) is 5.39. The van der Waals surface area contributed by atoms with E-state index in [1.165, 1.54) is 0 Å². The lowest BCUT2D eigenvalue weighted by atomic mass is 10.1. The molecule has 5 nitrogen and oxygen atoms in total. The van der Waals surface area contributed by atoms with E-state index in [1.807, 2.05) is 0 Å². The Bertz CT molecular complexity index is 534. The lowest BCUT2D eigenvalue weighted by Crippen LogP contribution is -2.21. The van der Waals surface area contributed by atoms with Crippen molar-refractivity contribution in [1.29, 1.82) is 0 Å². The van der Waals surface area contributed by atoms with E-state index in [2.05, 4.69) is 21.2 Å². The van der Waals surface area contributed by atoms with Crippen LogP contribution in [0.1, 0.15) is 12.5 Å².